The zero-order valence-electron chi connectivity index (χ0n) is 17.1. The van der Waals surface area contributed by atoms with Crippen LogP contribution in [0, 0.1) is 5.92 Å². The summed E-state index contributed by atoms with van der Waals surface area (Å²) >= 11 is 0. The number of hydrogen-bond donors (Lipinski definition) is 1. The van der Waals surface area contributed by atoms with Gasteiger partial charge in [0.15, 0.2) is 0 Å². The zero-order chi connectivity index (χ0) is 20.7. The van der Waals surface area contributed by atoms with Crippen molar-refractivity contribution in [1.82, 2.24) is 10.2 Å². The fraction of sp³-hybridized carbons (Fsp3) is 0.667. The fourth-order valence-electron chi connectivity index (χ4n) is 4.17. The summed E-state index contributed by atoms with van der Waals surface area (Å²) in [7, 11) is -3.54. The van der Waals surface area contributed by atoms with Crippen molar-refractivity contribution >= 4 is 16.2 Å². The molecule has 2 saturated heterocycles. The van der Waals surface area contributed by atoms with E-state index in [-0.39, 0.29) is 12.6 Å². The van der Waals surface area contributed by atoms with Gasteiger partial charge in [-0.05, 0) is 43.8 Å². The molecule has 162 valence electrons. The molecule has 2 aliphatic rings. The van der Waals surface area contributed by atoms with Gasteiger partial charge in [0.2, 0.25) is 0 Å². The summed E-state index contributed by atoms with van der Waals surface area (Å²) in [5.41, 5.74) is 1.38. The van der Waals surface area contributed by atoms with Gasteiger partial charge >= 0.3 is 6.09 Å². The molecule has 2 atom stereocenters. The number of piperidine rings is 1. The lowest BCUT2D eigenvalue weighted by Gasteiger charge is -2.32. The second kappa shape index (κ2) is 10.4. The summed E-state index contributed by atoms with van der Waals surface area (Å²) in [5.74, 6) is 0.765. The molecule has 1 aromatic rings. The smallest absolute Gasteiger partial charge is 0.407 e. The van der Waals surface area contributed by atoms with Crippen LogP contribution < -0.4 is 5.32 Å². The Morgan fingerprint density at radius 2 is 1.83 bits per heavy atom. The Labute approximate surface area is 173 Å². The van der Waals surface area contributed by atoms with Gasteiger partial charge in [-0.2, -0.15) is 8.42 Å². The quantitative estimate of drug-likeness (QED) is 0.459. The van der Waals surface area contributed by atoms with Crippen LogP contribution in [0.5, 0.6) is 0 Å². The molecule has 0 bridgehead atoms. The highest BCUT2D eigenvalue weighted by atomic mass is 32.2. The Bertz CT molecular complexity index is 748. The number of alkyl carbamates (subject to hydrolysis) is 1. The molecule has 1 aromatic carbocycles. The molecule has 0 aliphatic carbocycles. The van der Waals surface area contributed by atoms with Crippen molar-refractivity contribution in [1.29, 1.82) is 0 Å². The first-order chi connectivity index (χ1) is 13.9. The van der Waals surface area contributed by atoms with Gasteiger partial charge in [-0.1, -0.05) is 49.6 Å². The largest absolute Gasteiger partial charge is 0.442 e. The van der Waals surface area contributed by atoms with Crippen LogP contribution in [0.2, 0.25) is 0 Å². The Morgan fingerprint density at radius 1 is 1.14 bits per heavy atom. The summed E-state index contributed by atoms with van der Waals surface area (Å²) in [4.78, 5) is 14.0. The number of nitrogens with one attached hydrogen (secondary N) is 1. The second-order valence-electron chi connectivity index (χ2n) is 8.17. The van der Waals surface area contributed by atoms with E-state index in [0.717, 1.165) is 51.1 Å². The zero-order valence-corrected chi connectivity index (χ0v) is 17.9. The van der Waals surface area contributed by atoms with Crippen molar-refractivity contribution in [3.63, 3.8) is 0 Å². The van der Waals surface area contributed by atoms with Gasteiger partial charge in [-0.15, -0.1) is 0 Å². The van der Waals surface area contributed by atoms with E-state index in [1.165, 1.54) is 24.8 Å². The Balaban J connectivity index is 1.31. The third-order valence-electron chi connectivity index (χ3n) is 5.79. The van der Waals surface area contributed by atoms with Crippen LogP contribution in [0.1, 0.15) is 44.1 Å². The molecule has 2 aliphatic heterocycles. The molecule has 2 heterocycles. The van der Waals surface area contributed by atoms with E-state index in [4.69, 9.17) is 8.92 Å². The van der Waals surface area contributed by atoms with E-state index >= 15 is 0 Å². The number of amides is 1. The minimum atomic E-state index is -3.54. The predicted octanol–water partition coefficient (Wildman–Crippen LogP) is 2.91. The molecule has 3 rings (SSSR count). The van der Waals surface area contributed by atoms with Gasteiger partial charge in [0.25, 0.3) is 10.1 Å². The maximum absolute atomic E-state index is 11.5. The van der Waals surface area contributed by atoms with E-state index in [1.54, 1.807) is 0 Å². The third-order valence-corrected chi connectivity index (χ3v) is 6.35. The van der Waals surface area contributed by atoms with E-state index in [9.17, 15) is 13.2 Å². The molecule has 0 aromatic heterocycles. The molecule has 0 radical (unpaired) electrons. The number of cyclic esters (lactones) is 1. The standard InChI is InChI=1S/C21H32N2O5S/c1-29(25,26)27-16-20-19(22-21(24)28-20)10-6-5-7-17-11-13-23(14-12-17)15-18-8-3-2-4-9-18/h2-4,8-9,17,19-20H,5-7,10-16H2,1H3,(H,22,24). The van der Waals surface area contributed by atoms with Crippen molar-refractivity contribution in [3.05, 3.63) is 35.9 Å². The number of ether oxygens (including phenoxy) is 1. The van der Waals surface area contributed by atoms with Gasteiger partial charge in [0.1, 0.15) is 12.7 Å². The first-order valence-corrected chi connectivity index (χ1v) is 12.3. The van der Waals surface area contributed by atoms with Gasteiger partial charge in [0.05, 0.1) is 12.3 Å². The average Bonchev–Trinajstić information content (AvgIpc) is 3.05. The fourth-order valence-corrected chi connectivity index (χ4v) is 4.55. The third kappa shape index (κ3) is 7.60. The van der Waals surface area contributed by atoms with Crippen LogP contribution in [0.3, 0.4) is 0 Å². The summed E-state index contributed by atoms with van der Waals surface area (Å²) in [6.07, 6.45) is 6.49. The molecule has 1 amide bonds. The molecular weight excluding hydrogens is 392 g/mol. The molecule has 29 heavy (non-hydrogen) atoms. The average molecular weight is 425 g/mol. The maximum Gasteiger partial charge on any atom is 0.407 e. The maximum atomic E-state index is 11.5. The minimum absolute atomic E-state index is 0.123. The van der Waals surface area contributed by atoms with E-state index in [1.807, 2.05) is 0 Å². The normalized spacial score (nSPS) is 23.7. The number of unbranched alkanes of at least 4 members (excludes halogenated alkanes) is 1. The summed E-state index contributed by atoms with van der Waals surface area (Å²) in [6.45, 7) is 3.21. The highest BCUT2D eigenvalue weighted by molar-refractivity contribution is 7.85. The van der Waals surface area contributed by atoms with Gasteiger partial charge < -0.3 is 10.1 Å². The van der Waals surface area contributed by atoms with Crippen molar-refractivity contribution in [3.8, 4) is 0 Å². The SMILES string of the molecule is CS(=O)(=O)OCC1OC(=O)NC1CCCCC1CCN(Cc2ccccc2)CC1. The first kappa shape index (κ1) is 22.1. The van der Waals surface area contributed by atoms with Crippen molar-refractivity contribution in [2.24, 2.45) is 5.92 Å². The number of nitrogens with zero attached hydrogens (tertiary/aromatic N) is 1. The number of carbonyl (C=O) groups is 1. The molecular formula is C21H32N2O5S. The van der Waals surface area contributed by atoms with Crippen LogP contribution in [0.15, 0.2) is 30.3 Å². The highest BCUT2D eigenvalue weighted by Crippen LogP contribution is 2.25. The summed E-state index contributed by atoms with van der Waals surface area (Å²) in [6, 6.07) is 10.4. The number of benzene rings is 1. The molecule has 0 spiro atoms. The van der Waals surface area contributed by atoms with Crippen LogP contribution in [0.4, 0.5) is 4.79 Å². The van der Waals surface area contributed by atoms with Crippen LogP contribution >= 0.6 is 0 Å². The van der Waals surface area contributed by atoms with Gasteiger partial charge in [-0.3, -0.25) is 9.08 Å². The number of likely N-dealkylation sites (tertiary alicyclic amines) is 1. The van der Waals surface area contributed by atoms with Crippen molar-refractivity contribution in [2.75, 3.05) is 26.0 Å². The van der Waals surface area contributed by atoms with Crippen LogP contribution in [-0.2, 0) is 25.6 Å². The van der Waals surface area contributed by atoms with E-state index in [2.05, 4.69) is 40.5 Å². The van der Waals surface area contributed by atoms with Crippen LogP contribution in [-0.4, -0.2) is 57.5 Å². The molecule has 0 saturated carbocycles. The Hall–Kier alpha value is -1.64. The lowest BCUT2D eigenvalue weighted by Crippen LogP contribution is -2.35. The number of carbonyl (C=O) groups excluding carboxylic acids is 1. The molecule has 1 N–H and O–H groups in total. The summed E-state index contributed by atoms with van der Waals surface area (Å²) < 4.78 is 32.2. The Kier molecular flexibility index (Phi) is 7.91. The highest BCUT2D eigenvalue weighted by Gasteiger charge is 2.34. The minimum Gasteiger partial charge on any atom is -0.442 e. The monoisotopic (exact) mass is 424 g/mol. The van der Waals surface area contributed by atoms with Crippen LogP contribution in [0.25, 0.3) is 0 Å². The predicted molar refractivity (Wildman–Crippen MR) is 111 cm³/mol. The van der Waals surface area contributed by atoms with Crippen molar-refractivity contribution in [2.45, 2.75) is 57.2 Å². The number of hydrogen-bond acceptors (Lipinski definition) is 6. The van der Waals surface area contributed by atoms with Gasteiger partial charge in [0, 0.05) is 6.54 Å². The first-order valence-electron chi connectivity index (χ1n) is 10.5. The topological polar surface area (TPSA) is 84.9 Å². The van der Waals surface area contributed by atoms with E-state index in [0.29, 0.717) is 0 Å². The molecule has 7 nitrogen and oxygen atoms in total. The number of rotatable bonds is 10. The lowest BCUT2D eigenvalue weighted by atomic mass is 9.90. The molecule has 2 fully saturated rings. The summed E-state index contributed by atoms with van der Waals surface area (Å²) in [5, 5.41) is 2.76. The second-order valence-corrected chi connectivity index (χ2v) is 9.82. The van der Waals surface area contributed by atoms with E-state index < -0.39 is 22.3 Å². The lowest BCUT2D eigenvalue weighted by molar-refractivity contribution is 0.0924. The Morgan fingerprint density at radius 3 is 2.52 bits per heavy atom. The van der Waals surface area contributed by atoms with Crippen molar-refractivity contribution < 1.29 is 22.1 Å². The molecule has 2 unspecified atom stereocenters. The van der Waals surface area contributed by atoms with Gasteiger partial charge in [-0.25, -0.2) is 4.79 Å². The molecule has 8 heteroatoms.